The van der Waals surface area contributed by atoms with Crippen molar-refractivity contribution in [3.8, 4) is 6.07 Å². The third-order valence-electron chi connectivity index (χ3n) is 5.26. The van der Waals surface area contributed by atoms with Crippen LogP contribution in [0.5, 0.6) is 0 Å². The Morgan fingerprint density at radius 2 is 2.24 bits per heavy atom. The van der Waals surface area contributed by atoms with Gasteiger partial charge in [0.05, 0.1) is 11.1 Å². The number of nitrogens with zero attached hydrogens (tertiary/aromatic N) is 3. The normalized spacial score (nSPS) is 27.3. The van der Waals surface area contributed by atoms with Crippen molar-refractivity contribution in [2.45, 2.75) is 38.1 Å². The highest BCUT2D eigenvalue weighted by Crippen LogP contribution is 2.51. The molecule has 2 aliphatic carbocycles. The minimum absolute atomic E-state index is 0.556. The van der Waals surface area contributed by atoms with Crippen molar-refractivity contribution in [2.75, 3.05) is 5.88 Å². The van der Waals surface area contributed by atoms with Crippen LogP contribution >= 0.6 is 11.6 Å². The highest BCUT2D eigenvalue weighted by molar-refractivity contribution is 6.17. The molecule has 2 aromatic rings. The van der Waals surface area contributed by atoms with Crippen LogP contribution in [-0.4, -0.2) is 15.4 Å². The summed E-state index contributed by atoms with van der Waals surface area (Å²) in [7, 11) is 0. The first-order valence-electron chi connectivity index (χ1n) is 7.77. The fraction of sp³-hybridized carbons (Fsp3) is 0.529. The predicted octanol–water partition coefficient (Wildman–Crippen LogP) is 4.05. The van der Waals surface area contributed by atoms with Crippen LogP contribution < -0.4 is 0 Å². The number of hydrogen-bond donors (Lipinski definition) is 0. The van der Waals surface area contributed by atoms with Crippen molar-refractivity contribution < 1.29 is 0 Å². The van der Waals surface area contributed by atoms with E-state index in [1.54, 1.807) is 0 Å². The Morgan fingerprint density at radius 3 is 2.90 bits per heavy atom. The van der Waals surface area contributed by atoms with E-state index in [0.29, 0.717) is 17.5 Å². The zero-order chi connectivity index (χ0) is 14.4. The van der Waals surface area contributed by atoms with Crippen molar-refractivity contribution in [3.05, 3.63) is 29.6 Å². The maximum Gasteiger partial charge on any atom is 0.111 e. The molecular formula is C17H18ClN3. The summed E-state index contributed by atoms with van der Waals surface area (Å²) in [4.78, 5) is 4.76. The molecule has 108 valence electrons. The Labute approximate surface area is 129 Å². The Kier molecular flexibility index (Phi) is 3.15. The quantitative estimate of drug-likeness (QED) is 0.802. The van der Waals surface area contributed by atoms with E-state index in [2.05, 4.69) is 16.7 Å². The number of alkyl halides is 1. The van der Waals surface area contributed by atoms with Crippen LogP contribution in [0.3, 0.4) is 0 Å². The first-order chi connectivity index (χ1) is 10.3. The van der Waals surface area contributed by atoms with Crippen molar-refractivity contribution in [3.63, 3.8) is 0 Å². The molecule has 21 heavy (non-hydrogen) atoms. The second-order valence-corrected chi connectivity index (χ2v) is 6.74. The molecule has 0 aliphatic heterocycles. The molecule has 0 saturated heterocycles. The molecule has 2 bridgehead atoms. The minimum Gasteiger partial charge on any atom is -0.324 e. The fourth-order valence-electron chi connectivity index (χ4n) is 4.41. The molecule has 0 N–H and O–H groups in total. The minimum atomic E-state index is 0.556. The number of benzene rings is 1. The predicted molar refractivity (Wildman–Crippen MR) is 83.4 cm³/mol. The molecule has 1 aromatic heterocycles. The third kappa shape index (κ3) is 1.97. The van der Waals surface area contributed by atoms with E-state index in [1.165, 1.54) is 25.7 Å². The van der Waals surface area contributed by atoms with Gasteiger partial charge in [0.1, 0.15) is 17.4 Å². The lowest BCUT2D eigenvalue weighted by Gasteiger charge is -2.25. The van der Waals surface area contributed by atoms with E-state index in [9.17, 15) is 5.26 Å². The number of nitriles is 1. The first-order valence-corrected chi connectivity index (χ1v) is 8.31. The maximum absolute atomic E-state index is 9.31. The number of para-hydroxylation sites is 1. The lowest BCUT2D eigenvalue weighted by molar-refractivity contribution is 0.329. The van der Waals surface area contributed by atoms with Crippen LogP contribution in [0.25, 0.3) is 11.0 Å². The van der Waals surface area contributed by atoms with Gasteiger partial charge < -0.3 is 4.57 Å². The second-order valence-electron chi connectivity index (χ2n) is 6.36. The SMILES string of the molecule is N#Cc1cccc2c1nc(CCCl)n2C1CC2CCC1C2. The Balaban J connectivity index is 1.89. The van der Waals surface area contributed by atoms with E-state index >= 15 is 0 Å². The molecular weight excluding hydrogens is 282 g/mol. The summed E-state index contributed by atoms with van der Waals surface area (Å²) in [6, 6.07) is 8.75. The number of rotatable bonds is 3. The summed E-state index contributed by atoms with van der Waals surface area (Å²) in [5.74, 6) is 3.30. The summed E-state index contributed by atoms with van der Waals surface area (Å²) in [6.45, 7) is 0. The topological polar surface area (TPSA) is 41.6 Å². The maximum atomic E-state index is 9.31. The van der Waals surface area contributed by atoms with Gasteiger partial charge in [-0.1, -0.05) is 12.5 Å². The summed E-state index contributed by atoms with van der Waals surface area (Å²) >= 11 is 5.98. The van der Waals surface area contributed by atoms with Gasteiger partial charge in [-0.05, 0) is 43.2 Å². The van der Waals surface area contributed by atoms with Gasteiger partial charge in [0.2, 0.25) is 0 Å². The Bertz CT molecular complexity index is 727. The molecule has 3 unspecified atom stereocenters. The summed E-state index contributed by atoms with van der Waals surface area (Å²) in [5, 5.41) is 9.31. The lowest BCUT2D eigenvalue weighted by Crippen LogP contribution is -2.18. The zero-order valence-electron chi connectivity index (χ0n) is 11.9. The van der Waals surface area contributed by atoms with Gasteiger partial charge in [0.25, 0.3) is 0 Å². The van der Waals surface area contributed by atoms with E-state index in [1.807, 2.05) is 12.1 Å². The zero-order valence-corrected chi connectivity index (χ0v) is 12.7. The highest BCUT2D eigenvalue weighted by atomic mass is 35.5. The first kappa shape index (κ1) is 13.2. The number of fused-ring (bicyclic) bond motifs is 3. The van der Waals surface area contributed by atoms with Gasteiger partial charge in [-0.15, -0.1) is 11.6 Å². The monoisotopic (exact) mass is 299 g/mol. The molecule has 3 atom stereocenters. The Morgan fingerprint density at radius 1 is 1.33 bits per heavy atom. The fourth-order valence-corrected chi connectivity index (χ4v) is 4.58. The highest BCUT2D eigenvalue weighted by Gasteiger charge is 2.41. The van der Waals surface area contributed by atoms with Crippen LogP contribution in [0.4, 0.5) is 0 Å². The number of hydrogen-bond acceptors (Lipinski definition) is 2. The van der Waals surface area contributed by atoms with Gasteiger partial charge >= 0.3 is 0 Å². The average Bonchev–Trinajstić information content (AvgIpc) is 3.19. The Hall–Kier alpha value is -1.53. The molecule has 1 heterocycles. The molecule has 2 saturated carbocycles. The molecule has 0 spiro atoms. The van der Waals surface area contributed by atoms with Crippen molar-refractivity contribution in [1.82, 2.24) is 9.55 Å². The smallest absolute Gasteiger partial charge is 0.111 e. The van der Waals surface area contributed by atoms with Gasteiger partial charge in [0.15, 0.2) is 0 Å². The molecule has 4 rings (SSSR count). The summed E-state index contributed by atoms with van der Waals surface area (Å²) in [5.41, 5.74) is 2.64. The van der Waals surface area contributed by atoms with Gasteiger partial charge in [-0.25, -0.2) is 4.98 Å². The van der Waals surface area contributed by atoms with Crippen molar-refractivity contribution in [1.29, 1.82) is 5.26 Å². The molecule has 2 fully saturated rings. The number of halogens is 1. The number of aryl methyl sites for hydroxylation is 1. The van der Waals surface area contributed by atoms with Gasteiger partial charge in [-0.2, -0.15) is 5.26 Å². The second kappa shape index (κ2) is 5.03. The molecule has 0 radical (unpaired) electrons. The van der Waals surface area contributed by atoms with Crippen LogP contribution in [-0.2, 0) is 6.42 Å². The molecule has 4 heteroatoms. The van der Waals surface area contributed by atoms with Crippen LogP contribution in [0.1, 0.15) is 43.1 Å². The summed E-state index contributed by atoms with van der Waals surface area (Å²) in [6.07, 6.45) is 6.13. The molecule has 3 nitrogen and oxygen atoms in total. The average molecular weight is 300 g/mol. The molecule has 0 amide bonds. The van der Waals surface area contributed by atoms with Crippen LogP contribution in [0.15, 0.2) is 18.2 Å². The van der Waals surface area contributed by atoms with Crippen LogP contribution in [0, 0.1) is 23.2 Å². The van der Waals surface area contributed by atoms with E-state index < -0.39 is 0 Å². The van der Waals surface area contributed by atoms with E-state index in [-0.39, 0.29) is 0 Å². The van der Waals surface area contributed by atoms with Crippen molar-refractivity contribution in [2.24, 2.45) is 11.8 Å². The third-order valence-corrected chi connectivity index (χ3v) is 5.45. The standard InChI is InChI=1S/C17H18ClN3/c18-7-6-16-20-17-13(10-19)2-1-3-14(17)21(16)15-9-11-4-5-12(15)8-11/h1-3,11-12,15H,4-9H2. The molecule has 1 aromatic carbocycles. The van der Waals surface area contributed by atoms with Crippen LogP contribution in [0.2, 0.25) is 0 Å². The van der Waals surface area contributed by atoms with Gasteiger partial charge in [0, 0.05) is 18.3 Å². The van der Waals surface area contributed by atoms with E-state index in [0.717, 1.165) is 35.1 Å². The number of imidazole rings is 1. The summed E-state index contributed by atoms with van der Waals surface area (Å²) < 4.78 is 2.41. The lowest BCUT2D eigenvalue weighted by atomic mass is 9.94. The van der Waals surface area contributed by atoms with E-state index in [4.69, 9.17) is 16.6 Å². The van der Waals surface area contributed by atoms with Crippen molar-refractivity contribution >= 4 is 22.6 Å². The largest absolute Gasteiger partial charge is 0.324 e. The number of aromatic nitrogens is 2. The van der Waals surface area contributed by atoms with Gasteiger partial charge in [-0.3, -0.25) is 0 Å². The molecule has 2 aliphatic rings.